The number of benzene rings is 1. The van der Waals surface area contributed by atoms with Gasteiger partial charge in [-0.2, -0.15) is 0 Å². The van der Waals surface area contributed by atoms with E-state index in [2.05, 4.69) is 0 Å². The maximum absolute atomic E-state index is 11.6. The molecule has 1 aromatic heterocycles. The molecule has 2 rings (SSSR count). The summed E-state index contributed by atoms with van der Waals surface area (Å²) in [7, 11) is 2.88. The normalized spacial score (nSPS) is 10.4. The molecule has 0 spiro atoms. The number of fused-ring (bicyclic) bond motifs is 1. The van der Waals surface area contributed by atoms with Crippen LogP contribution in [0.4, 0.5) is 0 Å². The van der Waals surface area contributed by atoms with Gasteiger partial charge in [0.15, 0.2) is 17.6 Å². The zero-order valence-electron chi connectivity index (χ0n) is 9.65. The Hall–Kier alpha value is -2.01. The second-order valence-electron chi connectivity index (χ2n) is 3.41. The second-order valence-corrected chi connectivity index (χ2v) is 3.79. The van der Waals surface area contributed by atoms with Crippen LogP contribution < -0.4 is 15.1 Å². The Kier molecular flexibility index (Phi) is 3.25. The fourth-order valence-corrected chi connectivity index (χ4v) is 1.93. The van der Waals surface area contributed by atoms with E-state index in [1.54, 1.807) is 12.1 Å². The van der Waals surface area contributed by atoms with Gasteiger partial charge in [0.05, 0.1) is 19.2 Å². The Morgan fingerprint density at radius 2 is 2.00 bits per heavy atom. The van der Waals surface area contributed by atoms with Crippen LogP contribution in [0.25, 0.3) is 11.0 Å². The van der Waals surface area contributed by atoms with Crippen molar-refractivity contribution >= 4 is 28.9 Å². The second kappa shape index (κ2) is 4.70. The van der Waals surface area contributed by atoms with E-state index < -0.39 is 5.63 Å². The van der Waals surface area contributed by atoms with E-state index in [1.165, 1.54) is 14.2 Å². The predicted octanol–water partition coefficient (Wildman–Crippen LogP) is 2.28. The molecule has 2 aromatic rings. The summed E-state index contributed by atoms with van der Waals surface area (Å²) in [4.78, 5) is 22.3. The minimum Gasteiger partial charge on any atom is -0.493 e. The molecule has 0 aliphatic rings. The lowest BCUT2D eigenvalue weighted by atomic mass is 10.1. The SMILES string of the molecule is COc1ccc2c(Cl)c(C=O)c(=O)oc2c1OC. The van der Waals surface area contributed by atoms with Gasteiger partial charge in [0.25, 0.3) is 0 Å². The number of methoxy groups -OCH3 is 2. The van der Waals surface area contributed by atoms with Crippen molar-refractivity contribution in [1.29, 1.82) is 0 Å². The maximum atomic E-state index is 11.6. The van der Waals surface area contributed by atoms with Gasteiger partial charge in [0.1, 0.15) is 5.56 Å². The fraction of sp³-hybridized carbons (Fsp3) is 0.167. The molecule has 6 heteroatoms. The van der Waals surface area contributed by atoms with Crippen molar-refractivity contribution in [3.63, 3.8) is 0 Å². The van der Waals surface area contributed by atoms with Crippen LogP contribution in [0.15, 0.2) is 21.3 Å². The first-order chi connectivity index (χ1) is 8.63. The van der Waals surface area contributed by atoms with Gasteiger partial charge < -0.3 is 13.9 Å². The molecule has 0 amide bonds. The number of aldehydes is 1. The number of halogens is 1. The van der Waals surface area contributed by atoms with Crippen molar-refractivity contribution in [2.75, 3.05) is 14.2 Å². The van der Waals surface area contributed by atoms with Crippen LogP contribution in [-0.4, -0.2) is 20.5 Å². The Morgan fingerprint density at radius 3 is 2.56 bits per heavy atom. The first-order valence-corrected chi connectivity index (χ1v) is 5.34. The lowest BCUT2D eigenvalue weighted by Gasteiger charge is -2.10. The van der Waals surface area contributed by atoms with Crippen molar-refractivity contribution in [1.82, 2.24) is 0 Å². The van der Waals surface area contributed by atoms with E-state index in [0.29, 0.717) is 17.4 Å². The highest BCUT2D eigenvalue weighted by atomic mass is 35.5. The van der Waals surface area contributed by atoms with Crippen LogP contribution in [0.2, 0.25) is 5.02 Å². The molecule has 0 saturated heterocycles. The van der Waals surface area contributed by atoms with Crippen molar-refractivity contribution in [3.8, 4) is 11.5 Å². The molecule has 0 unspecified atom stereocenters. The van der Waals surface area contributed by atoms with Gasteiger partial charge in [-0.25, -0.2) is 4.79 Å². The minimum atomic E-state index is -0.811. The molecule has 0 aliphatic heterocycles. The van der Waals surface area contributed by atoms with Crippen LogP contribution in [0.3, 0.4) is 0 Å². The topological polar surface area (TPSA) is 65.7 Å². The summed E-state index contributed by atoms with van der Waals surface area (Å²) in [6.07, 6.45) is 0.365. The van der Waals surface area contributed by atoms with Crippen LogP contribution in [-0.2, 0) is 0 Å². The maximum Gasteiger partial charge on any atom is 0.348 e. The molecule has 0 N–H and O–H groups in total. The van der Waals surface area contributed by atoms with Gasteiger partial charge in [0.2, 0.25) is 5.75 Å². The van der Waals surface area contributed by atoms with E-state index in [1.807, 2.05) is 0 Å². The Morgan fingerprint density at radius 1 is 1.28 bits per heavy atom. The van der Waals surface area contributed by atoms with E-state index in [-0.39, 0.29) is 21.9 Å². The first kappa shape index (κ1) is 12.4. The van der Waals surface area contributed by atoms with Gasteiger partial charge in [-0.15, -0.1) is 0 Å². The third kappa shape index (κ3) is 1.73. The third-order valence-electron chi connectivity index (χ3n) is 2.51. The average molecular weight is 269 g/mol. The number of hydrogen-bond acceptors (Lipinski definition) is 5. The number of carbonyl (C=O) groups is 1. The molecule has 0 atom stereocenters. The van der Waals surface area contributed by atoms with Crippen LogP contribution in [0, 0.1) is 0 Å². The van der Waals surface area contributed by atoms with E-state index in [4.69, 9.17) is 25.5 Å². The summed E-state index contributed by atoms with van der Waals surface area (Å²) in [5.41, 5.74) is -0.872. The quantitative estimate of drug-likeness (QED) is 0.631. The summed E-state index contributed by atoms with van der Waals surface area (Å²) >= 11 is 5.98. The van der Waals surface area contributed by atoms with Gasteiger partial charge in [-0.3, -0.25) is 4.79 Å². The van der Waals surface area contributed by atoms with Crippen molar-refractivity contribution in [3.05, 3.63) is 33.1 Å². The number of hydrogen-bond donors (Lipinski definition) is 0. The average Bonchev–Trinajstić information content (AvgIpc) is 2.37. The number of rotatable bonds is 3. The highest BCUT2D eigenvalue weighted by molar-refractivity contribution is 6.37. The van der Waals surface area contributed by atoms with E-state index >= 15 is 0 Å². The van der Waals surface area contributed by atoms with Crippen LogP contribution in [0.5, 0.6) is 11.5 Å². The van der Waals surface area contributed by atoms with Gasteiger partial charge in [-0.05, 0) is 12.1 Å². The molecule has 5 nitrogen and oxygen atoms in total. The van der Waals surface area contributed by atoms with E-state index in [9.17, 15) is 9.59 Å². The molecule has 0 bridgehead atoms. The molecular formula is C12H9ClO5. The molecule has 0 fully saturated rings. The third-order valence-corrected chi connectivity index (χ3v) is 2.91. The molecule has 1 heterocycles. The summed E-state index contributed by atoms with van der Waals surface area (Å²) in [5.74, 6) is 0.662. The summed E-state index contributed by atoms with van der Waals surface area (Å²) in [6, 6.07) is 3.20. The van der Waals surface area contributed by atoms with Gasteiger partial charge >= 0.3 is 5.63 Å². The van der Waals surface area contributed by atoms with Crippen LogP contribution in [0.1, 0.15) is 10.4 Å². The molecule has 0 radical (unpaired) electrons. The highest BCUT2D eigenvalue weighted by Crippen LogP contribution is 2.37. The number of carbonyl (C=O) groups excluding carboxylic acids is 1. The lowest BCUT2D eigenvalue weighted by molar-refractivity contribution is 0.112. The zero-order valence-corrected chi connectivity index (χ0v) is 10.4. The highest BCUT2D eigenvalue weighted by Gasteiger charge is 2.18. The molecule has 94 valence electrons. The van der Waals surface area contributed by atoms with Gasteiger partial charge in [0, 0.05) is 5.39 Å². The Balaban J connectivity index is 2.96. The fourth-order valence-electron chi connectivity index (χ4n) is 1.66. The molecule has 18 heavy (non-hydrogen) atoms. The van der Waals surface area contributed by atoms with Gasteiger partial charge in [-0.1, -0.05) is 11.6 Å². The monoisotopic (exact) mass is 268 g/mol. The smallest absolute Gasteiger partial charge is 0.348 e. The largest absolute Gasteiger partial charge is 0.493 e. The minimum absolute atomic E-state index is 0.0391. The van der Waals surface area contributed by atoms with Crippen molar-refractivity contribution in [2.45, 2.75) is 0 Å². The molecule has 1 aromatic carbocycles. The molecule has 0 saturated carbocycles. The Labute approximate surface area is 107 Å². The molecular weight excluding hydrogens is 260 g/mol. The predicted molar refractivity (Wildman–Crippen MR) is 66.0 cm³/mol. The van der Waals surface area contributed by atoms with Crippen LogP contribution >= 0.6 is 11.6 Å². The summed E-state index contributed by atoms with van der Waals surface area (Å²) in [6.45, 7) is 0. The standard InChI is InChI=1S/C12H9ClO5/c1-16-8-4-3-6-9(13)7(5-14)12(15)18-10(6)11(8)17-2/h3-5H,1-2H3. The lowest BCUT2D eigenvalue weighted by Crippen LogP contribution is -2.08. The zero-order chi connectivity index (χ0) is 13.3. The first-order valence-electron chi connectivity index (χ1n) is 4.96. The Bertz CT molecular complexity index is 674. The summed E-state index contributed by atoms with van der Waals surface area (Å²) in [5, 5.41) is 0.452. The van der Waals surface area contributed by atoms with Crippen molar-refractivity contribution in [2.24, 2.45) is 0 Å². The van der Waals surface area contributed by atoms with E-state index in [0.717, 1.165) is 0 Å². The summed E-state index contributed by atoms with van der Waals surface area (Å²) < 4.78 is 15.3. The number of ether oxygens (including phenoxy) is 2. The van der Waals surface area contributed by atoms with Crippen molar-refractivity contribution < 1.29 is 18.7 Å². The molecule has 0 aliphatic carbocycles.